The maximum atomic E-state index is 2.62. The highest BCUT2D eigenvalue weighted by Gasteiger charge is 2.61. The summed E-state index contributed by atoms with van der Waals surface area (Å²) in [6.45, 7) is 18.6. The van der Waals surface area contributed by atoms with Gasteiger partial charge in [0.05, 0.1) is 0 Å². The van der Waals surface area contributed by atoms with Crippen LogP contribution in [0.3, 0.4) is 0 Å². The van der Waals surface area contributed by atoms with Gasteiger partial charge in [0.1, 0.15) is 0 Å². The lowest BCUT2D eigenvalue weighted by Crippen LogP contribution is -2.59. The van der Waals surface area contributed by atoms with Gasteiger partial charge in [-0.1, -0.05) is 84.5 Å². The summed E-state index contributed by atoms with van der Waals surface area (Å²) >= 11 is 0. The van der Waals surface area contributed by atoms with Crippen LogP contribution in [0.15, 0.2) is 12.2 Å². The minimum Gasteiger partial charge on any atom is -0.0960 e. The van der Waals surface area contributed by atoms with Crippen LogP contribution in [0.2, 0.25) is 18.0 Å². The van der Waals surface area contributed by atoms with Crippen LogP contribution in [0.5, 0.6) is 0 Å². The number of hydrogen-bond acceptors (Lipinski definition) is 0. The van der Waals surface area contributed by atoms with Crippen LogP contribution in [-0.2, 0) is 0 Å². The lowest BCUT2D eigenvalue weighted by Gasteiger charge is -2.66. The van der Waals surface area contributed by atoms with Crippen LogP contribution in [0.25, 0.3) is 0 Å². The van der Waals surface area contributed by atoms with Crippen molar-refractivity contribution < 1.29 is 0 Å². The summed E-state index contributed by atoms with van der Waals surface area (Å²) in [5.74, 6) is 7.86. The first-order valence-electron chi connectivity index (χ1n) is 11.3. The fourth-order valence-electron chi connectivity index (χ4n) is 8.47. The average molecular weight is 340 g/mol. The molecule has 6 saturated carbocycles. The molecule has 0 saturated heterocycles. The monoisotopic (exact) mass is 340 g/mol. The van der Waals surface area contributed by atoms with E-state index in [9.17, 15) is 0 Å². The molecule has 8 atom stereocenters. The minimum absolute atomic E-state index is 0.628. The van der Waals surface area contributed by atoms with Gasteiger partial charge in [-0.25, -0.2) is 0 Å². The van der Waals surface area contributed by atoms with Gasteiger partial charge in [-0.3, -0.25) is 0 Å². The lowest BCUT2D eigenvalue weighted by molar-refractivity contribution is -0.107. The summed E-state index contributed by atoms with van der Waals surface area (Å²) in [6.07, 6.45) is 12.3. The normalized spacial score (nSPS) is 49.4. The molecular weight excluding hydrogens is 299 g/mol. The third kappa shape index (κ3) is 2.46. The van der Waals surface area contributed by atoms with Gasteiger partial charge in [0.15, 0.2) is 6.71 Å². The maximum absolute atomic E-state index is 2.62. The second-order valence-electron chi connectivity index (χ2n) is 11.7. The molecule has 140 valence electrons. The Labute approximate surface area is 157 Å². The molecule has 0 heterocycles. The summed E-state index contributed by atoms with van der Waals surface area (Å²) in [7, 11) is 0. The van der Waals surface area contributed by atoms with Gasteiger partial charge in [0.25, 0.3) is 0 Å². The molecule has 0 aliphatic heterocycles. The van der Waals surface area contributed by atoms with Crippen molar-refractivity contribution in [2.24, 2.45) is 46.3 Å². The van der Waals surface area contributed by atoms with Gasteiger partial charge < -0.3 is 0 Å². The van der Waals surface area contributed by atoms with Crippen molar-refractivity contribution >= 4 is 6.71 Å². The quantitative estimate of drug-likeness (QED) is 0.375. The molecule has 0 aromatic rings. The zero-order valence-electron chi connectivity index (χ0n) is 17.9. The van der Waals surface area contributed by atoms with Crippen LogP contribution in [-0.4, -0.2) is 6.71 Å². The standard InChI is InChI=1S/C24H41B/c1-8-9-10-25(21-13-17-11-19(15(21)2)23(17,4)5)22-14-18-12-20(16(22)3)24(18,6)7/h8-9,15-22H,10-14H2,1-7H3/b9-8+/t15-,16-,17-,18-,19+,20+,21+,22+/m0/s1. The molecule has 0 radical (unpaired) electrons. The van der Waals surface area contributed by atoms with Gasteiger partial charge in [-0.15, -0.1) is 0 Å². The zero-order chi connectivity index (χ0) is 18.1. The van der Waals surface area contributed by atoms with Crippen molar-refractivity contribution in [3.05, 3.63) is 12.2 Å². The van der Waals surface area contributed by atoms with Gasteiger partial charge in [0, 0.05) is 0 Å². The molecule has 6 rings (SSSR count). The van der Waals surface area contributed by atoms with Crippen LogP contribution in [0, 0.1) is 46.3 Å². The van der Waals surface area contributed by atoms with Crippen molar-refractivity contribution in [1.29, 1.82) is 0 Å². The largest absolute Gasteiger partial charge is 0.150 e. The first kappa shape index (κ1) is 18.2. The summed E-state index contributed by atoms with van der Waals surface area (Å²) in [6, 6.07) is 0. The fourth-order valence-corrected chi connectivity index (χ4v) is 8.47. The van der Waals surface area contributed by atoms with E-state index in [4.69, 9.17) is 0 Å². The number of fused-ring (bicyclic) bond motifs is 4. The Morgan fingerprint density at radius 3 is 1.56 bits per heavy atom. The van der Waals surface area contributed by atoms with Crippen molar-refractivity contribution in [2.45, 2.75) is 92.1 Å². The van der Waals surface area contributed by atoms with Crippen LogP contribution < -0.4 is 0 Å². The van der Waals surface area contributed by atoms with Gasteiger partial charge in [-0.05, 0) is 66.1 Å². The topological polar surface area (TPSA) is 0 Å². The lowest BCUT2D eigenvalue weighted by atomic mass is 9.20. The second kappa shape index (κ2) is 5.90. The van der Waals surface area contributed by atoms with Crippen LogP contribution in [0.1, 0.15) is 74.1 Å². The number of hydrogen-bond donors (Lipinski definition) is 0. The highest BCUT2D eigenvalue weighted by atomic mass is 14.6. The van der Waals surface area contributed by atoms with Crippen molar-refractivity contribution in [2.75, 3.05) is 0 Å². The van der Waals surface area contributed by atoms with E-state index in [2.05, 4.69) is 60.6 Å². The Balaban J connectivity index is 1.56. The summed E-state index contributed by atoms with van der Waals surface area (Å²) in [4.78, 5) is 0. The molecule has 0 N–H and O–H groups in total. The molecule has 25 heavy (non-hydrogen) atoms. The van der Waals surface area contributed by atoms with E-state index in [0.29, 0.717) is 10.8 Å². The average Bonchev–Trinajstić information content (AvgIpc) is 2.56. The summed E-state index contributed by atoms with van der Waals surface area (Å²) < 4.78 is 0. The van der Waals surface area contributed by atoms with Crippen LogP contribution in [0.4, 0.5) is 0 Å². The molecule has 6 aliphatic rings. The Kier molecular flexibility index (Phi) is 4.29. The molecule has 1 heteroatoms. The van der Waals surface area contributed by atoms with Crippen molar-refractivity contribution in [1.82, 2.24) is 0 Å². The highest BCUT2D eigenvalue weighted by molar-refractivity contribution is 6.62. The van der Waals surface area contributed by atoms with E-state index in [1.54, 1.807) is 0 Å². The third-order valence-electron chi connectivity index (χ3n) is 10.6. The first-order valence-corrected chi connectivity index (χ1v) is 11.3. The van der Waals surface area contributed by atoms with Crippen molar-refractivity contribution in [3.63, 3.8) is 0 Å². The van der Waals surface area contributed by atoms with Gasteiger partial charge >= 0.3 is 0 Å². The van der Waals surface area contributed by atoms with Gasteiger partial charge in [0.2, 0.25) is 0 Å². The van der Waals surface area contributed by atoms with E-state index in [1.165, 1.54) is 32.0 Å². The predicted molar refractivity (Wildman–Crippen MR) is 111 cm³/mol. The third-order valence-corrected chi connectivity index (χ3v) is 10.6. The maximum Gasteiger partial charge on any atom is 0.150 e. The predicted octanol–water partition coefficient (Wildman–Crippen LogP) is 7.20. The smallest absolute Gasteiger partial charge is 0.0960 e. The Bertz CT molecular complexity index is 502. The summed E-state index contributed by atoms with van der Waals surface area (Å²) in [5, 5.41) is 0. The Morgan fingerprint density at radius 2 is 1.24 bits per heavy atom. The van der Waals surface area contributed by atoms with E-state index in [-0.39, 0.29) is 0 Å². The van der Waals surface area contributed by atoms with Crippen LogP contribution >= 0.6 is 0 Å². The molecule has 0 unspecified atom stereocenters. The molecule has 0 aromatic heterocycles. The molecular formula is C24H41B. The minimum atomic E-state index is 0.628. The molecule has 0 spiro atoms. The van der Waals surface area contributed by atoms with Crippen molar-refractivity contribution in [3.8, 4) is 0 Å². The van der Waals surface area contributed by atoms with E-state index < -0.39 is 0 Å². The molecule has 6 fully saturated rings. The first-order chi connectivity index (χ1) is 11.7. The zero-order valence-corrected chi connectivity index (χ0v) is 17.9. The number of allylic oxidation sites excluding steroid dienone is 2. The molecule has 4 bridgehead atoms. The molecule has 0 amide bonds. The Morgan fingerprint density at radius 1 is 0.800 bits per heavy atom. The fraction of sp³-hybridized carbons (Fsp3) is 0.917. The SMILES string of the molecule is C/C=C/CB([C@@H]1C[C@@H]2C[C@H]([C@@H]1C)C2(C)C)[C@@H]1C[C@@H]2C[C@H]([C@@H]1C)C2(C)C. The second-order valence-corrected chi connectivity index (χ2v) is 11.7. The van der Waals surface area contributed by atoms with E-state index in [1.807, 2.05) is 0 Å². The number of rotatable bonds is 4. The molecule has 0 nitrogen and oxygen atoms in total. The summed E-state index contributed by atoms with van der Waals surface area (Å²) in [5.41, 5.74) is 1.26. The van der Waals surface area contributed by atoms with E-state index >= 15 is 0 Å². The van der Waals surface area contributed by atoms with E-state index in [0.717, 1.165) is 53.9 Å². The molecule has 0 aromatic carbocycles. The Hall–Kier alpha value is -0.195. The van der Waals surface area contributed by atoms with Gasteiger partial charge in [-0.2, -0.15) is 0 Å². The highest BCUT2D eigenvalue weighted by Crippen LogP contribution is 2.69. The molecule has 6 aliphatic carbocycles.